The van der Waals surface area contributed by atoms with Gasteiger partial charge in [0, 0.05) is 0 Å². The van der Waals surface area contributed by atoms with E-state index < -0.39 is 0 Å². The first kappa shape index (κ1) is 27.6. The van der Waals surface area contributed by atoms with E-state index in [0.29, 0.717) is 0 Å². The predicted octanol–water partition coefficient (Wildman–Crippen LogP) is 7.34. The second kappa shape index (κ2) is 26.7. The van der Waals surface area contributed by atoms with Crippen LogP contribution in [-0.2, 0) is 0 Å². The van der Waals surface area contributed by atoms with E-state index >= 15 is 0 Å². The Bertz CT molecular complexity index is 320. The molecule has 0 aliphatic heterocycles. The molecular weight excluding hydrogens is 256 g/mol. The molecular formula is C20H36O. The molecule has 0 fully saturated rings. The van der Waals surface area contributed by atoms with E-state index in [-0.39, 0.29) is 0 Å². The van der Waals surface area contributed by atoms with Crippen LogP contribution in [0, 0.1) is 6.92 Å². The van der Waals surface area contributed by atoms with Crippen molar-refractivity contribution in [2.75, 3.05) is 0 Å². The summed E-state index contributed by atoms with van der Waals surface area (Å²) in [5.41, 5.74) is 1.23. The van der Waals surface area contributed by atoms with Crippen LogP contribution in [0.4, 0.5) is 0 Å². The van der Waals surface area contributed by atoms with Crippen molar-refractivity contribution >= 4 is 0 Å². The Labute approximate surface area is 134 Å². The highest BCUT2D eigenvalue weighted by atomic mass is 16.5. The van der Waals surface area contributed by atoms with Crippen LogP contribution in [-0.4, -0.2) is 0 Å². The Morgan fingerprint density at radius 1 is 0.905 bits per heavy atom. The van der Waals surface area contributed by atoms with Crippen LogP contribution in [0.2, 0.25) is 0 Å². The van der Waals surface area contributed by atoms with Gasteiger partial charge in [-0.3, -0.25) is 0 Å². The molecule has 0 atom stereocenters. The second-order valence-corrected chi connectivity index (χ2v) is 2.93. The van der Waals surface area contributed by atoms with Crippen molar-refractivity contribution in [3.8, 4) is 5.75 Å². The Balaban J connectivity index is -0.000000156. The molecule has 1 aromatic carbocycles. The topological polar surface area (TPSA) is 9.23 Å². The maximum atomic E-state index is 5.50. The number of ether oxygens (including phenoxy) is 1. The lowest BCUT2D eigenvalue weighted by molar-refractivity contribution is 0.428. The average Bonchev–Trinajstić information content (AvgIpc) is 2.57. The summed E-state index contributed by atoms with van der Waals surface area (Å²) >= 11 is 0. The van der Waals surface area contributed by atoms with Crippen LogP contribution < -0.4 is 4.74 Å². The van der Waals surface area contributed by atoms with Gasteiger partial charge in [0.25, 0.3) is 0 Å². The van der Waals surface area contributed by atoms with Gasteiger partial charge >= 0.3 is 0 Å². The summed E-state index contributed by atoms with van der Waals surface area (Å²) in [7, 11) is 0. The molecule has 0 bridgehead atoms. The minimum Gasteiger partial charge on any atom is -0.462 e. The van der Waals surface area contributed by atoms with Crippen LogP contribution in [0.15, 0.2) is 61.9 Å². The molecule has 0 saturated heterocycles. The third-order valence-corrected chi connectivity index (χ3v) is 1.65. The lowest BCUT2D eigenvalue weighted by atomic mass is 10.2. The summed E-state index contributed by atoms with van der Waals surface area (Å²) in [6.45, 7) is 25.6. The smallest absolute Gasteiger partial charge is 0.126 e. The number of aryl methyl sites for hydroxylation is 1. The first-order chi connectivity index (χ1) is 10.2. The first-order valence-electron chi connectivity index (χ1n) is 7.76. The molecule has 1 rings (SSSR count). The molecule has 0 spiro atoms. The van der Waals surface area contributed by atoms with Gasteiger partial charge in [0.2, 0.25) is 0 Å². The van der Waals surface area contributed by atoms with Crippen molar-refractivity contribution in [3.05, 3.63) is 67.5 Å². The fourth-order valence-corrected chi connectivity index (χ4v) is 0.992. The van der Waals surface area contributed by atoms with Crippen LogP contribution in [0.5, 0.6) is 5.75 Å². The fraction of sp³-hybridized carbons (Fsp3) is 0.400. The van der Waals surface area contributed by atoms with Gasteiger partial charge in [-0.05, 0) is 32.1 Å². The number of hydrogen-bond donors (Lipinski definition) is 0. The SMILES string of the molecule is C=C.C=C/C=C(\C)Oc1ccc(C)cc1.CC.CC.CC. The van der Waals surface area contributed by atoms with Crippen molar-refractivity contribution in [2.24, 2.45) is 0 Å². The molecule has 0 N–H and O–H groups in total. The maximum absolute atomic E-state index is 5.50. The van der Waals surface area contributed by atoms with Crippen molar-refractivity contribution in [1.82, 2.24) is 0 Å². The highest BCUT2D eigenvalue weighted by Crippen LogP contribution is 2.14. The third kappa shape index (κ3) is 20.7. The summed E-state index contributed by atoms with van der Waals surface area (Å²) in [6.07, 6.45) is 3.55. The lowest BCUT2D eigenvalue weighted by Gasteiger charge is -2.04. The third-order valence-electron chi connectivity index (χ3n) is 1.65. The van der Waals surface area contributed by atoms with E-state index in [1.54, 1.807) is 6.08 Å². The van der Waals surface area contributed by atoms with E-state index in [0.717, 1.165) is 11.5 Å². The van der Waals surface area contributed by atoms with Gasteiger partial charge in [0.05, 0.1) is 0 Å². The number of hydrogen-bond acceptors (Lipinski definition) is 1. The van der Waals surface area contributed by atoms with Crippen LogP contribution in [0.25, 0.3) is 0 Å². The molecule has 0 heterocycles. The van der Waals surface area contributed by atoms with Crippen LogP contribution >= 0.6 is 0 Å². The Morgan fingerprint density at radius 3 is 1.62 bits per heavy atom. The van der Waals surface area contributed by atoms with E-state index in [4.69, 9.17) is 4.74 Å². The molecule has 0 aliphatic carbocycles. The van der Waals surface area contributed by atoms with E-state index in [1.165, 1.54) is 5.56 Å². The zero-order valence-corrected chi connectivity index (χ0v) is 15.5. The zero-order valence-electron chi connectivity index (χ0n) is 15.5. The van der Waals surface area contributed by atoms with Gasteiger partial charge in [0.1, 0.15) is 11.5 Å². The van der Waals surface area contributed by atoms with Gasteiger partial charge in [-0.1, -0.05) is 71.9 Å². The van der Waals surface area contributed by atoms with Crippen molar-refractivity contribution in [1.29, 1.82) is 0 Å². The Hall–Kier alpha value is -1.76. The standard InChI is InChI=1S/C12H14O.3C2H6.C2H4/c1-4-5-11(3)13-12-8-6-10(2)7-9-12;4*1-2/h4-9H,1H2,2-3H3;3*1-2H3;1-2H2/b11-5+;;;;. The molecule has 0 aromatic heterocycles. The number of allylic oxidation sites excluding steroid dienone is 3. The molecule has 0 aliphatic rings. The van der Waals surface area contributed by atoms with Crippen LogP contribution in [0.3, 0.4) is 0 Å². The monoisotopic (exact) mass is 292 g/mol. The van der Waals surface area contributed by atoms with Crippen LogP contribution in [0.1, 0.15) is 54.0 Å². The summed E-state index contributed by atoms with van der Waals surface area (Å²) < 4.78 is 5.50. The van der Waals surface area contributed by atoms with Gasteiger partial charge in [-0.25, -0.2) is 0 Å². The Morgan fingerprint density at radius 2 is 1.29 bits per heavy atom. The predicted molar refractivity (Wildman–Crippen MR) is 101 cm³/mol. The van der Waals surface area contributed by atoms with Crippen molar-refractivity contribution < 1.29 is 4.74 Å². The number of rotatable bonds is 3. The molecule has 122 valence electrons. The van der Waals surface area contributed by atoms with Gasteiger partial charge in [-0.2, -0.15) is 0 Å². The van der Waals surface area contributed by atoms with E-state index in [2.05, 4.69) is 26.7 Å². The largest absolute Gasteiger partial charge is 0.462 e. The molecule has 0 saturated carbocycles. The maximum Gasteiger partial charge on any atom is 0.126 e. The van der Waals surface area contributed by atoms with E-state index in [1.807, 2.05) is 78.8 Å². The summed E-state index contributed by atoms with van der Waals surface area (Å²) in [6, 6.07) is 7.96. The molecule has 0 unspecified atom stereocenters. The highest BCUT2D eigenvalue weighted by molar-refractivity contribution is 5.28. The normalized spacial score (nSPS) is 7.90. The van der Waals surface area contributed by atoms with Gasteiger partial charge in [0.15, 0.2) is 0 Å². The molecule has 1 aromatic rings. The van der Waals surface area contributed by atoms with Gasteiger partial charge < -0.3 is 4.74 Å². The van der Waals surface area contributed by atoms with Gasteiger partial charge in [-0.15, -0.1) is 13.2 Å². The second-order valence-electron chi connectivity index (χ2n) is 2.93. The van der Waals surface area contributed by atoms with Crippen molar-refractivity contribution in [3.63, 3.8) is 0 Å². The molecule has 0 amide bonds. The zero-order chi connectivity index (χ0) is 17.7. The minimum atomic E-state index is 0.846. The summed E-state index contributed by atoms with van der Waals surface area (Å²) in [4.78, 5) is 0. The average molecular weight is 293 g/mol. The molecule has 21 heavy (non-hydrogen) atoms. The fourth-order valence-electron chi connectivity index (χ4n) is 0.992. The number of benzene rings is 1. The molecule has 1 heteroatoms. The summed E-state index contributed by atoms with van der Waals surface area (Å²) in [5, 5.41) is 0. The molecule has 1 nitrogen and oxygen atoms in total. The first-order valence-corrected chi connectivity index (χ1v) is 7.76. The lowest BCUT2D eigenvalue weighted by Crippen LogP contribution is -1.89. The Kier molecular flexibility index (Phi) is 35.1. The highest BCUT2D eigenvalue weighted by Gasteiger charge is 1.92. The van der Waals surface area contributed by atoms with Crippen molar-refractivity contribution in [2.45, 2.75) is 55.4 Å². The van der Waals surface area contributed by atoms with E-state index in [9.17, 15) is 0 Å². The quantitative estimate of drug-likeness (QED) is 0.321. The minimum absolute atomic E-state index is 0.846. The molecule has 0 radical (unpaired) electrons. The summed E-state index contributed by atoms with van der Waals surface area (Å²) in [5.74, 6) is 1.71.